The fourth-order valence-electron chi connectivity index (χ4n) is 3.48. The van der Waals surface area contributed by atoms with E-state index in [9.17, 15) is 13.2 Å². The molecule has 3 unspecified atom stereocenters. The first-order chi connectivity index (χ1) is 11.6. The summed E-state index contributed by atoms with van der Waals surface area (Å²) in [5.74, 6) is -0.116. The van der Waals surface area contributed by atoms with Crippen molar-refractivity contribution in [2.75, 3.05) is 13.7 Å². The molecule has 0 bridgehead atoms. The molecule has 0 radical (unpaired) electrons. The van der Waals surface area contributed by atoms with Gasteiger partial charge in [0, 0.05) is 12.6 Å². The number of ether oxygens (including phenoxy) is 1. The molecule has 3 rings (SSSR count). The molecule has 1 amide bonds. The predicted molar refractivity (Wildman–Crippen MR) is 95.6 cm³/mol. The average Bonchev–Trinajstić information content (AvgIpc) is 3.25. The van der Waals surface area contributed by atoms with Crippen molar-refractivity contribution in [2.45, 2.75) is 69.7 Å². The highest BCUT2D eigenvalue weighted by atomic mass is 32.2. The number of hydrogen-bond donors (Lipinski definition) is 1. The van der Waals surface area contributed by atoms with Crippen molar-refractivity contribution < 1.29 is 17.9 Å². The molecule has 1 heterocycles. The highest BCUT2D eigenvalue weighted by molar-refractivity contribution is 7.90. The molecular weight excluding hydrogens is 342 g/mol. The second-order valence-corrected chi connectivity index (χ2v) is 10.3. The van der Waals surface area contributed by atoms with Crippen LogP contribution in [0.5, 0.6) is 0 Å². The van der Waals surface area contributed by atoms with Crippen LogP contribution >= 0.6 is 0 Å². The molecule has 3 aliphatic rings. The van der Waals surface area contributed by atoms with Gasteiger partial charge in [-0.3, -0.25) is 9.69 Å². The first-order valence-electron chi connectivity index (χ1n) is 9.12. The number of aliphatic imine (C=N–C) groups is 1. The van der Waals surface area contributed by atoms with Gasteiger partial charge in [-0.05, 0) is 44.9 Å². The van der Waals surface area contributed by atoms with Gasteiger partial charge in [-0.2, -0.15) is 0 Å². The number of amides is 1. The maximum absolute atomic E-state index is 12.7. The van der Waals surface area contributed by atoms with Crippen LogP contribution in [0.3, 0.4) is 0 Å². The minimum atomic E-state index is -3.41. The van der Waals surface area contributed by atoms with E-state index in [1.54, 1.807) is 7.05 Å². The minimum Gasteiger partial charge on any atom is -0.465 e. The number of carbonyl (C=O) groups is 1. The summed E-state index contributed by atoms with van der Waals surface area (Å²) in [6.07, 6.45) is 3.23. The van der Waals surface area contributed by atoms with Crippen molar-refractivity contribution in [2.24, 2.45) is 16.8 Å². The topological polar surface area (TPSA) is 88.1 Å². The van der Waals surface area contributed by atoms with Crippen LogP contribution in [0.4, 0.5) is 0 Å². The molecule has 0 aromatic heterocycles. The summed E-state index contributed by atoms with van der Waals surface area (Å²) in [5.41, 5.74) is -0.279. The molecule has 0 spiro atoms. The van der Waals surface area contributed by atoms with Crippen molar-refractivity contribution in [1.82, 2.24) is 9.62 Å². The van der Waals surface area contributed by atoms with Crippen LogP contribution in [-0.2, 0) is 19.6 Å². The Hall–Kier alpha value is -1.15. The summed E-state index contributed by atoms with van der Waals surface area (Å²) in [6.45, 7) is 6.51. The number of fused-ring (bicyclic) bond motifs is 1. The standard InChI is InChI=1S/C17H29N3O4S/c1-11(2)10-24-16-18-14-6-5-12(9-13(14)15(21)20(16)4)25(22,23)19-17(3)7-8-17/h11-14,19H,5-10H2,1-4H3. The molecule has 142 valence electrons. The lowest BCUT2D eigenvalue weighted by atomic mass is 9.83. The van der Waals surface area contributed by atoms with E-state index in [4.69, 9.17) is 4.74 Å². The third-order valence-electron chi connectivity index (χ3n) is 5.35. The quantitative estimate of drug-likeness (QED) is 0.793. The number of sulfonamides is 1. The van der Waals surface area contributed by atoms with Gasteiger partial charge in [-0.25, -0.2) is 18.1 Å². The second-order valence-electron chi connectivity index (χ2n) is 8.33. The predicted octanol–water partition coefficient (Wildman–Crippen LogP) is 1.50. The number of rotatable bonds is 5. The summed E-state index contributed by atoms with van der Waals surface area (Å²) in [5, 5.41) is -0.517. The van der Waals surface area contributed by atoms with Crippen molar-refractivity contribution in [3.05, 3.63) is 0 Å². The largest absolute Gasteiger partial charge is 0.465 e. The molecule has 1 aliphatic heterocycles. The summed E-state index contributed by atoms with van der Waals surface area (Å²) in [7, 11) is -1.75. The van der Waals surface area contributed by atoms with E-state index < -0.39 is 15.3 Å². The van der Waals surface area contributed by atoms with Crippen LogP contribution in [0.2, 0.25) is 0 Å². The van der Waals surface area contributed by atoms with Crippen LogP contribution in [0, 0.1) is 11.8 Å². The number of amidine groups is 1. The molecule has 0 aromatic rings. The Labute approximate surface area is 150 Å². The van der Waals surface area contributed by atoms with E-state index in [2.05, 4.69) is 9.71 Å². The first-order valence-corrected chi connectivity index (χ1v) is 10.7. The lowest BCUT2D eigenvalue weighted by Gasteiger charge is -2.39. The first kappa shape index (κ1) is 18.6. The molecule has 0 saturated heterocycles. The van der Waals surface area contributed by atoms with Crippen molar-refractivity contribution in [1.29, 1.82) is 0 Å². The van der Waals surface area contributed by atoms with Gasteiger partial charge in [0.25, 0.3) is 6.02 Å². The second kappa shape index (κ2) is 6.54. The number of nitrogens with zero attached hydrogens (tertiary/aromatic N) is 2. The Balaban J connectivity index is 1.70. The molecule has 2 fully saturated rings. The summed E-state index contributed by atoms with van der Waals surface area (Å²) in [4.78, 5) is 18.8. The van der Waals surface area contributed by atoms with Gasteiger partial charge in [0.15, 0.2) is 0 Å². The van der Waals surface area contributed by atoms with Gasteiger partial charge in [0.05, 0.1) is 23.8 Å². The van der Waals surface area contributed by atoms with Gasteiger partial charge in [0.1, 0.15) is 0 Å². The summed E-state index contributed by atoms with van der Waals surface area (Å²) in [6, 6.07) is 0.193. The Kier molecular flexibility index (Phi) is 4.87. The highest BCUT2D eigenvalue weighted by Gasteiger charge is 2.48. The normalized spacial score (nSPS) is 31.6. The van der Waals surface area contributed by atoms with E-state index in [-0.39, 0.29) is 23.4 Å². The zero-order valence-corrected chi connectivity index (χ0v) is 16.3. The number of hydrogen-bond acceptors (Lipinski definition) is 5. The van der Waals surface area contributed by atoms with Gasteiger partial charge >= 0.3 is 0 Å². The van der Waals surface area contributed by atoms with Crippen LogP contribution in [0.15, 0.2) is 4.99 Å². The lowest BCUT2D eigenvalue weighted by Crippen LogP contribution is -2.53. The molecular formula is C17H29N3O4S. The molecule has 0 aromatic carbocycles. The third kappa shape index (κ3) is 4.00. The zero-order chi connectivity index (χ0) is 18.4. The van der Waals surface area contributed by atoms with Crippen molar-refractivity contribution in [3.8, 4) is 0 Å². The molecule has 2 saturated carbocycles. The maximum atomic E-state index is 12.7. The Morgan fingerprint density at radius 1 is 1.36 bits per heavy atom. The highest BCUT2D eigenvalue weighted by Crippen LogP contribution is 2.39. The molecule has 7 nitrogen and oxygen atoms in total. The molecule has 1 N–H and O–H groups in total. The van der Waals surface area contributed by atoms with Gasteiger partial charge in [0.2, 0.25) is 15.9 Å². The van der Waals surface area contributed by atoms with Gasteiger partial charge in [-0.15, -0.1) is 0 Å². The van der Waals surface area contributed by atoms with Crippen LogP contribution in [-0.4, -0.2) is 55.7 Å². The minimum absolute atomic E-state index is 0.0868. The van der Waals surface area contributed by atoms with Gasteiger partial charge in [-0.1, -0.05) is 13.8 Å². The van der Waals surface area contributed by atoms with E-state index in [1.807, 2.05) is 20.8 Å². The molecule has 25 heavy (non-hydrogen) atoms. The monoisotopic (exact) mass is 371 g/mol. The van der Waals surface area contributed by atoms with Crippen molar-refractivity contribution >= 4 is 22.0 Å². The Bertz CT molecular complexity index is 669. The SMILES string of the molecule is CC(C)COC1=NC2CCC(S(=O)(=O)NC3(C)CC3)CC2C(=O)N1C. The average molecular weight is 372 g/mol. The van der Waals surface area contributed by atoms with Crippen LogP contribution in [0.1, 0.15) is 52.9 Å². The molecule has 3 atom stereocenters. The van der Waals surface area contributed by atoms with E-state index in [1.165, 1.54) is 4.90 Å². The number of nitrogens with one attached hydrogen (secondary N) is 1. The zero-order valence-electron chi connectivity index (χ0n) is 15.5. The summed E-state index contributed by atoms with van der Waals surface area (Å²) >= 11 is 0. The van der Waals surface area contributed by atoms with E-state index in [0.717, 1.165) is 12.8 Å². The Morgan fingerprint density at radius 3 is 2.64 bits per heavy atom. The smallest absolute Gasteiger partial charge is 0.294 e. The Morgan fingerprint density at radius 2 is 2.04 bits per heavy atom. The maximum Gasteiger partial charge on any atom is 0.294 e. The van der Waals surface area contributed by atoms with Crippen molar-refractivity contribution in [3.63, 3.8) is 0 Å². The fraction of sp³-hybridized carbons (Fsp3) is 0.882. The third-order valence-corrected chi connectivity index (χ3v) is 7.43. The van der Waals surface area contributed by atoms with Crippen LogP contribution in [0.25, 0.3) is 0 Å². The molecule has 2 aliphatic carbocycles. The van der Waals surface area contributed by atoms with E-state index >= 15 is 0 Å². The summed E-state index contributed by atoms with van der Waals surface area (Å²) < 4.78 is 33.8. The lowest BCUT2D eigenvalue weighted by molar-refractivity contribution is -0.134. The van der Waals surface area contributed by atoms with E-state index in [0.29, 0.717) is 37.8 Å². The number of carbonyl (C=O) groups excluding carboxylic acids is 1. The van der Waals surface area contributed by atoms with Crippen LogP contribution < -0.4 is 4.72 Å². The molecule has 8 heteroatoms. The van der Waals surface area contributed by atoms with Gasteiger partial charge < -0.3 is 4.74 Å². The fourth-order valence-corrected chi connectivity index (χ4v) is 5.45.